The summed E-state index contributed by atoms with van der Waals surface area (Å²) in [7, 11) is 0. The summed E-state index contributed by atoms with van der Waals surface area (Å²) >= 11 is 1.36. The quantitative estimate of drug-likeness (QED) is 0.912. The standard InChI is InChI=1S/C11H14N4O2S/c12-11-13-8(6-18-11)10-14-9(15-17-10)5-7-3-1-2-4-16-7/h6-7H,1-5H2,(H2,12,13). The molecule has 2 N–H and O–H groups in total. The number of nitrogens with zero attached hydrogens (tertiary/aromatic N) is 3. The van der Waals surface area contributed by atoms with E-state index in [0.29, 0.717) is 29.0 Å². The number of ether oxygens (including phenoxy) is 1. The average Bonchev–Trinajstić information content (AvgIpc) is 2.99. The molecule has 1 aliphatic heterocycles. The highest BCUT2D eigenvalue weighted by Crippen LogP contribution is 2.22. The number of aromatic nitrogens is 3. The third kappa shape index (κ3) is 2.51. The van der Waals surface area contributed by atoms with Crippen molar-refractivity contribution in [3.8, 4) is 11.6 Å². The Morgan fingerprint density at radius 3 is 3.06 bits per heavy atom. The van der Waals surface area contributed by atoms with Crippen LogP contribution >= 0.6 is 11.3 Å². The van der Waals surface area contributed by atoms with E-state index in [1.807, 2.05) is 5.38 Å². The van der Waals surface area contributed by atoms with Gasteiger partial charge in [0.1, 0.15) is 5.69 Å². The minimum absolute atomic E-state index is 0.213. The van der Waals surface area contributed by atoms with Gasteiger partial charge in [-0.1, -0.05) is 5.16 Å². The number of hydrogen-bond donors (Lipinski definition) is 1. The van der Waals surface area contributed by atoms with Gasteiger partial charge in [-0.15, -0.1) is 11.3 Å². The topological polar surface area (TPSA) is 87.1 Å². The molecule has 3 heterocycles. The molecular formula is C11H14N4O2S. The monoisotopic (exact) mass is 266 g/mol. The molecule has 6 nitrogen and oxygen atoms in total. The Bertz CT molecular complexity index is 519. The summed E-state index contributed by atoms with van der Waals surface area (Å²) in [5, 5.41) is 6.26. The van der Waals surface area contributed by atoms with Crippen LogP contribution < -0.4 is 5.73 Å². The second-order valence-electron chi connectivity index (χ2n) is 4.28. The fourth-order valence-corrected chi connectivity index (χ4v) is 2.54. The van der Waals surface area contributed by atoms with E-state index in [1.54, 1.807) is 0 Å². The van der Waals surface area contributed by atoms with Crippen molar-refractivity contribution >= 4 is 16.5 Å². The van der Waals surface area contributed by atoms with Gasteiger partial charge in [0.2, 0.25) is 0 Å². The molecule has 2 aromatic heterocycles. The van der Waals surface area contributed by atoms with Gasteiger partial charge in [-0.3, -0.25) is 0 Å². The third-order valence-corrected chi connectivity index (χ3v) is 3.57. The van der Waals surface area contributed by atoms with Gasteiger partial charge in [-0.05, 0) is 19.3 Å². The largest absolute Gasteiger partial charge is 0.378 e. The summed E-state index contributed by atoms with van der Waals surface area (Å²) in [5.41, 5.74) is 6.21. The lowest BCUT2D eigenvalue weighted by Crippen LogP contribution is -2.21. The summed E-state index contributed by atoms with van der Waals surface area (Å²) in [4.78, 5) is 8.43. The molecule has 0 aliphatic carbocycles. The second-order valence-corrected chi connectivity index (χ2v) is 5.17. The van der Waals surface area contributed by atoms with E-state index < -0.39 is 0 Å². The van der Waals surface area contributed by atoms with Gasteiger partial charge in [-0.25, -0.2) is 4.98 Å². The molecule has 0 bridgehead atoms. The normalized spacial score (nSPS) is 20.1. The first kappa shape index (κ1) is 11.6. The van der Waals surface area contributed by atoms with E-state index in [2.05, 4.69) is 15.1 Å². The van der Waals surface area contributed by atoms with Crippen LogP contribution in [0.2, 0.25) is 0 Å². The van der Waals surface area contributed by atoms with Gasteiger partial charge >= 0.3 is 0 Å². The summed E-state index contributed by atoms with van der Waals surface area (Å²) < 4.78 is 10.8. The maximum Gasteiger partial charge on any atom is 0.277 e. The van der Waals surface area contributed by atoms with Crippen LogP contribution in [0.5, 0.6) is 0 Å². The number of rotatable bonds is 3. The van der Waals surface area contributed by atoms with Gasteiger partial charge in [-0.2, -0.15) is 4.98 Å². The van der Waals surface area contributed by atoms with Gasteiger partial charge < -0.3 is 15.0 Å². The maximum absolute atomic E-state index is 5.65. The van der Waals surface area contributed by atoms with E-state index in [1.165, 1.54) is 17.8 Å². The average molecular weight is 266 g/mol. The Morgan fingerprint density at radius 2 is 2.33 bits per heavy atom. The first-order chi connectivity index (χ1) is 8.81. The van der Waals surface area contributed by atoms with E-state index in [4.69, 9.17) is 15.0 Å². The zero-order valence-electron chi connectivity index (χ0n) is 9.83. The Kier molecular flexibility index (Phi) is 3.24. The SMILES string of the molecule is Nc1nc(-c2nc(CC3CCCCO3)no2)cs1. The molecule has 3 rings (SSSR count). The molecule has 2 aromatic rings. The number of thiazole rings is 1. The summed E-state index contributed by atoms with van der Waals surface area (Å²) in [6, 6.07) is 0. The molecule has 0 amide bonds. The van der Waals surface area contributed by atoms with Crippen molar-refractivity contribution in [3.63, 3.8) is 0 Å². The Balaban J connectivity index is 1.69. The predicted molar refractivity (Wildman–Crippen MR) is 67.1 cm³/mol. The van der Waals surface area contributed by atoms with E-state index in [9.17, 15) is 0 Å². The lowest BCUT2D eigenvalue weighted by atomic mass is 10.1. The fraction of sp³-hybridized carbons (Fsp3) is 0.545. The Hall–Kier alpha value is -1.47. The molecule has 0 aromatic carbocycles. The second kappa shape index (κ2) is 5.03. The molecule has 1 saturated heterocycles. The Morgan fingerprint density at radius 1 is 1.39 bits per heavy atom. The molecule has 7 heteroatoms. The molecule has 0 saturated carbocycles. The molecule has 0 spiro atoms. The maximum atomic E-state index is 5.65. The van der Waals surface area contributed by atoms with Gasteiger partial charge in [0, 0.05) is 18.4 Å². The van der Waals surface area contributed by atoms with Crippen LogP contribution in [0, 0.1) is 0 Å². The number of nitrogen functional groups attached to an aromatic ring is 1. The van der Waals surface area contributed by atoms with Crippen molar-refractivity contribution in [2.45, 2.75) is 31.8 Å². The molecule has 1 aliphatic rings. The zero-order chi connectivity index (χ0) is 12.4. The fourth-order valence-electron chi connectivity index (χ4n) is 2.00. The number of hydrogen-bond acceptors (Lipinski definition) is 7. The lowest BCUT2D eigenvalue weighted by Gasteiger charge is -2.20. The molecule has 1 fully saturated rings. The van der Waals surface area contributed by atoms with E-state index >= 15 is 0 Å². The van der Waals surface area contributed by atoms with Crippen LogP contribution in [0.1, 0.15) is 25.1 Å². The first-order valence-electron chi connectivity index (χ1n) is 5.97. The van der Waals surface area contributed by atoms with Gasteiger partial charge in [0.25, 0.3) is 5.89 Å². The minimum Gasteiger partial charge on any atom is -0.378 e. The van der Waals surface area contributed by atoms with E-state index in [0.717, 1.165) is 19.4 Å². The molecule has 1 atom stereocenters. The summed E-state index contributed by atoms with van der Waals surface area (Å²) in [6.45, 7) is 0.831. The molecule has 1 unspecified atom stereocenters. The highest BCUT2D eigenvalue weighted by molar-refractivity contribution is 7.13. The van der Waals surface area contributed by atoms with Crippen molar-refractivity contribution in [2.24, 2.45) is 0 Å². The lowest BCUT2D eigenvalue weighted by molar-refractivity contribution is 0.0153. The van der Waals surface area contributed by atoms with Crippen molar-refractivity contribution in [3.05, 3.63) is 11.2 Å². The minimum atomic E-state index is 0.213. The van der Waals surface area contributed by atoms with Gasteiger partial charge in [0.05, 0.1) is 6.10 Å². The highest BCUT2D eigenvalue weighted by atomic mass is 32.1. The smallest absolute Gasteiger partial charge is 0.277 e. The zero-order valence-corrected chi connectivity index (χ0v) is 10.7. The van der Waals surface area contributed by atoms with Crippen molar-refractivity contribution in [1.29, 1.82) is 0 Å². The van der Waals surface area contributed by atoms with Crippen LogP contribution in [0.3, 0.4) is 0 Å². The van der Waals surface area contributed by atoms with Crippen molar-refractivity contribution in [1.82, 2.24) is 15.1 Å². The summed E-state index contributed by atoms with van der Waals surface area (Å²) in [6.07, 6.45) is 4.32. The van der Waals surface area contributed by atoms with Gasteiger partial charge in [0.15, 0.2) is 11.0 Å². The molecule has 96 valence electrons. The van der Waals surface area contributed by atoms with Crippen molar-refractivity contribution < 1.29 is 9.26 Å². The Labute approximate surface area is 108 Å². The third-order valence-electron chi connectivity index (χ3n) is 2.89. The predicted octanol–water partition coefficient (Wildman–Crippen LogP) is 1.89. The molecular weight excluding hydrogens is 252 g/mol. The van der Waals surface area contributed by atoms with Crippen LogP contribution in [-0.2, 0) is 11.2 Å². The summed E-state index contributed by atoms with van der Waals surface area (Å²) in [5.74, 6) is 1.09. The van der Waals surface area contributed by atoms with E-state index in [-0.39, 0.29) is 6.10 Å². The van der Waals surface area contributed by atoms with Crippen LogP contribution in [0.4, 0.5) is 5.13 Å². The first-order valence-corrected chi connectivity index (χ1v) is 6.85. The van der Waals surface area contributed by atoms with Crippen LogP contribution in [0.15, 0.2) is 9.90 Å². The molecule has 18 heavy (non-hydrogen) atoms. The molecule has 0 radical (unpaired) electrons. The van der Waals surface area contributed by atoms with Crippen LogP contribution in [0.25, 0.3) is 11.6 Å². The number of nitrogens with two attached hydrogens (primary N) is 1. The number of anilines is 1. The van der Waals surface area contributed by atoms with Crippen LogP contribution in [-0.4, -0.2) is 27.8 Å². The van der Waals surface area contributed by atoms with Crippen molar-refractivity contribution in [2.75, 3.05) is 12.3 Å². The highest BCUT2D eigenvalue weighted by Gasteiger charge is 2.18.